The standard InChI is InChI=1S/C6H5ClN4O/c1-11-3-2-4(10-11)5-8-9-6(7)12-5/h2-3H,1H3. The Morgan fingerprint density at radius 1 is 1.50 bits per heavy atom. The van der Waals surface area contributed by atoms with Crippen molar-refractivity contribution in [3.05, 3.63) is 17.6 Å². The van der Waals surface area contributed by atoms with E-state index in [0.717, 1.165) is 0 Å². The zero-order valence-electron chi connectivity index (χ0n) is 6.23. The molecule has 6 heteroatoms. The number of aromatic nitrogens is 4. The molecule has 0 aromatic carbocycles. The summed E-state index contributed by atoms with van der Waals surface area (Å²) in [6.07, 6.45) is 1.79. The van der Waals surface area contributed by atoms with Gasteiger partial charge in [0.05, 0.1) is 0 Å². The maximum Gasteiger partial charge on any atom is 0.313 e. The van der Waals surface area contributed by atoms with E-state index in [1.54, 1.807) is 16.9 Å². The van der Waals surface area contributed by atoms with Crippen LogP contribution in [0.15, 0.2) is 16.7 Å². The quantitative estimate of drug-likeness (QED) is 0.667. The Hall–Kier alpha value is -1.36. The van der Waals surface area contributed by atoms with Gasteiger partial charge < -0.3 is 4.42 Å². The SMILES string of the molecule is Cn1ccc(-c2nnc(Cl)o2)n1. The van der Waals surface area contributed by atoms with Crippen molar-refractivity contribution in [2.45, 2.75) is 0 Å². The van der Waals surface area contributed by atoms with E-state index in [2.05, 4.69) is 15.3 Å². The summed E-state index contributed by atoms with van der Waals surface area (Å²) in [4.78, 5) is 0. The van der Waals surface area contributed by atoms with Crippen LogP contribution in [0.5, 0.6) is 0 Å². The van der Waals surface area contributed by atoms with E-state index in [-0.39, 0.29) is 5.35 Å². The van der Waals surface area contributed by atoms with Crippen molar-refractivity contribution >= 4 is 11.6 Å². The number of halogens is 1. The van der Waals surface area contributed by atoms with Crippen molar-refractivity contribution in [1.29, 1.82) is 0 Å². The molecule has 5 nitrogen and oxygen atoms in total. The lowest BCUT2D eigenvalue weighted by atomic mass is 10.4. The molecule has 2 aromatic heterocycles. The summed E-state index contributed by atoms with van der Waals surface area (Å²) in [5.41, 5.74) is 0.622. The second kappa shape index (κ2) is 2.60. The molecule has 2 rings (SSSR count). The Morgan fingerprint density at radius 3 is 2.83 bits per heavy atom. The third kappa shape index (κ3) is 1.18. The third-order valence-corrected chi connectivity index (χ3v) is 1.49. The molecule has 2 heterocycles. The largest absolute Gasteiger partial charge is 0.406 e. The van der Waals surface area contributed by atoms with Gasteiger partial charge in [-0.3, -0.25) is 4.68 Å². The molecule has 62 valence electrons. The monoisotopic (exact) mass is 184 g/mol. The lowest BCUT2D eigenvalue weighted by Gasteiger charge is -1.84. The van der Waals surface area contributed by atoms with Gasteiger partial charge in [-0.1, -0.05) is 5.10 Å². The van der Waals surface area contributed by atoms with Crippen molar-refractivity contribution in [3.8, 4) is 11.6 Å². The van der Waals surface area contributed by atoms with Gasteiger partial charge in [0.15, 0.2) is 0 Å². The Morgan fingerprint density at radius 2 is 2.33 bits per heavy atom. The molecule has 0 spiro atoms. The van der Waals surface area contributed by atoms with E-state index in [0.29, 0.717) is 11.6 Å². The van der Waals surface area contributed by atoms with E-state index in [4.69, 9.17) is 16.0 Å². The molecule has 0 saturated heterocycles. The molecule has 0 bridgehead atoms. The summed E-state index contributed by atoms with van der Waals surface area (Å²) in [7, 11) is 1.81. The Balaban J connectivity index is 2.43. The van der Waals surface area contributed by atoms with Gasteiger partial charge in [-0.05, 0) is 17.7 Å². The fourth-order valence-corrected chi connectivity index (χ4v) is 0.949. The number of hydrogen-bond acceptors (Lipinski definition) is 4. The molecule has 0 aliphatic heterocycles. The summed E-state index contributed by atoms with van der Waals surface area (Å²) in [5.74, 6) is 0.334. The van der Waals surface area contributed by atoms with Crippen LogP contribution in [0.4, 0.5) is 0 Å². The average Bonchev–Trinajstić information content (AvgIpc) is 2.58. The lowest BCUT2D eigenvalue weighted by Crippen LogP contribution is -1.87. The molecule has 0 fully saturated rings. The van der Waals surface area contributed by atoms with Gasteiger partial charge in [-0.15, -0.1) is 5.10 Å². The van der Waals surface area contributed by atoms with Crippen LogP contribution in [-0.4, -0.2) is 20.0 Å². The molecule has 12 heavy (non-hydrogen) atoms. The van der Waals surface area contributed by atoms with Crippen LogP contribution in [0, 0.1) is 0 Å². The smallest absolute Gasteiger partial charge is 0.313 e. The number of rotatable bonds is 1. The first-order valence-electron chi connectivity index (χ1n) is 3.25. The summed E-state index contributed by atoms with van der Waals surface area (Å²) < 4.78 is 6.60. The van der Waals surface area contributed by atoms with Gasteiger partial charge >= 0.3 is 5.35 Å². The van der Waals surface area contributed by atoms with Crippen LogP contribution < -0.4 is 0 Å². The maximum atomic E-state index is 5.44. The first kappa shape index (κ1) is 7.30. The Labute approximate surface area is 73.0 Å². The van der Waals surface area contributed by atoms with Crippen LogP contribution in [-0.2, 0) is 7.05 Å². The van der Waals surface area contributed by atoms with Gasteiger partial charge in [0, 0.05) is 13.2 Å². The highest BCUT2D eigenvalue weighted by Crippen LogP contribution is 2.16. The average molecular weight is 185 g/mol. The molecule has 0 atom stereocenters. The molecule has 0 N–H and O–H groups in total. The first-order valence-corrected chi connectivity index (χ1v) is 3.62. The first-order chi connectivity index (χ1) is 5.75. The normalized spacial score (nSPS) is 10.5. The molecule has 0 amide bonds. The van der Waals surface area contributed by atoms with E-state index in [9.17, 15) is 0 Å². The number of hydrogen-bond donors (Lipinski definition) is 0. The minimum Gasteiger partial charge on any atom is -0.406 e. The molecular weight excluding hydrogens is 180 g/mol. The third-order valence-electron chi connectivity index (χ3n) is 1.33. The van der Waals surface area contributed by atoms with Gasteiger partial charge in [-0.2, -0.15) is 5.10 Å². The van der Waals surface area contributed by atoms with Crippen LogP contribution in [0.25, 0.3) is 11.6 Å². The van der Waals surface area contributed by atoms with E-state index in [1.807, 2.05) is 7.05 Å². The molecule has 0 aliphatic carbocycles. The summed E-state index contributed by atoms with van der Waals surface area (Å²) in [5, 5.41) is 11.3. The molecule has 2 aromatic rings. The zero-order valence-corrected chi connectivity index (χ0v) is 6.99. The lowest BCUT2D eigenvalue weighted by molar-refractivity contribution is 0.566. The predicted molar refractivity (Wildman–Crippen MR) is 41.5 cm³/mol. The zero-order chi connectivity index (χ0) is 8.55. The van der Waals surface area contributed by atoms with Crippen molar-refractivity contribution in [1.82, 2.24) is 20.0 Å². The minimum atomic E-state index is 0.0238. The van der Waals surface area contributed by atoms with Crippen LogP contribution in [0.2, 0.25) is 5.35 Å². The fraction of sp³-hybridized carbons (Fsp3) is 0.167. The van der Waals surface area contributed by atoms with Crippen LogP contribution in [0.3, 0.4) is 0 Å². The topological polar surface area (TPSA) is 56.7 Å². The minimum absolute atomic E-state index is 0.0238. The van der Waals surface area contributed by atoms with Gasteiger partial charge in [-0.25, -0.2) is 0 Å². The summed E-state index contributed by atoms with van der Waals surface area (Å²) in [6.45, 7) is 0. The van der Waals surface area contributed by atoms with E-state index >= 15 is 0 Å². The van der Waals surface area contributed by atoms with E-state index < -0.39 is 0 Å². The van der Waals surface area contributed by atoms with Gasteiger partial charge in [0.25, 0.3) is 5.89 Å². The Kier molecular flexibility index (Phi) is 1.58. The van der Waals surface area contributed by atoms with Crippen LogP contribution >= 0.6 is 11.6 Å². The predicted octanol–water partition coefficient (Wildman–Crippen LogP) is 1.12. The molecule has 0 saturated carbocycles. The molecule has 0 aliphatic rings. The van der Waals surface area contributed by atoms with Crippen molar-refractivity contribution in [2.75, 3.05) is 0 Å². The highest BCUT2D eigenvalue weighted by Gasteiger charge is 2.08. The van der Waals surface area contributed by atoms with Gasteiger partial charge in [0.2, 0.25) is 0 Å². The summed E-state index contributed by atoms with van der Waals surface area (Å²) in [6, 6.07) is 1.77. The highest BCUT2D eigenvalue weighted by atomic mass is 35.5. The second-order valence-corrected chi connectivity index (χ2v) is 2.56. The van der Waals surface area contributed by atoms with Crippen molar-refractivity contribution in [2.24, 2.45) is 7.05 Å². The molecular formula is C6H5ClN4O. The van der Waals surface area contributed by atoms with Crippen molar-refractivity contribution in [3.63, 3.8) is 0 Å². The maximum absolute atomic E-state index is 5.44. The van der Waals surface area contributed by atoms with E-state index in [1.165, 1.54) is 0 Å². The van der Waals surface area contributed by atoms with Gasteiger partial charge in [0.1, 0.15) is 5.69 Å². The highest BCUT2D eigenvalue weighted by molar-refractivity contribution is 6.27. The second-order valence-electron chi connectivity index (χ2n) is 2.23. The number of aryl methyl sites for hydroxylation is 1. The fourth-order valence-electron chi connectivity index (χ4n) is 0.838. The van der Waals surface area contributed by atoms with Crippen LogP contribution in [0.1, 0.15) is 0 Å². The Bertz CT molecular complexity index is 355. The number of nitrogens with zero attached hydrogens (tertiary/aromatic N) is 4. The molecule has 0 unspecified atom stereocenters. The molecule has 0 radical (unpaired) electrons. The van der Waals surface area contributed by atoms with Crippen molar-refractivity contribution < 1.29 is 4.42 Å². The summed E-state index contributed by atoms with van der Waals surface area (Å²) >= 11 is 5.44.